The number of epoxide rings is 1. The molecule has 1 aliphatic rings. The van der Waals surface area contributed by atoms with Crippen molar-refractivity contribution in [3.63, 3.8) is 0 Å². The second kappa shape index (κ2) is 7.44. The van der Waals surface area contributed by atoms with Crippen molar-refractivity contribution in [1.82, 2.24) is 0 Å². The minimum Gasteiger partial charge on any atom is -0.494 e. The number of ether oxygens (including phenoxy) is 2. The molecule has 110 valence electrons. The van der Waals surface area contributed by atoms with Crippen LogP contribution in [-0.4, -0.2) is 24.6 Å². The molecule has 0 aliphatic carbocycles. The van der Waals surface area contributed by atoms with Crippen molar-refractivity contribution in [2.24, 2.45) is 0 Å². The van der Waals surface area contributed by atoms with Crippen LogP contribution >= 0.6 is 0 Å². The van der Waals surface area contributed by atoms with Gasteiger partial charge in [-0.1, -0.05) is 13.3 Å². The molecule has 0 radical (unpaired) electrons. The molecule has 1 aromatic rings. The minimum absolute atomic E-state index is 0.0872. The number of carbonyl (C=O) groups is 1. The first-order valence-corrected chi connectivity index (χ1v) is 7.60. The predicted octanol–water partition coefficient (Wildman–Crippen LogP) is 4.01. The van der Waals surface area contributed by atoms with Gasteiger partial charge in [0.15, 0.2) is 5.78 Å². The summed E-state index contributed by atoms with van der Waals surface area (Å²) in [6.07, 6.45) is 6.86. The first kappa shape index (κ1) is 15.0. The number of Topliss-reactive ketones (excluding diaryl/α,β-unsaturated/α-hetero) is 1. The van der Waals surface area contributed by atoms with E-state index in [9.17, 15) is 4.79 Å². The number of benzene rings is 1. The number of hydrogen-bond acceptors (Lipinski definition) is 3. The standard InChI is InChI=1S/C17H24O3/c1-3-16-17(20-16)7-5-4-6-12-19-15-10-8-14(9-11-15)13(2)18/h8-11,16-17H,3-7,12H2,1-2H3. The number of carbonyl (C=O) groups excluding carboxylic acids is 1. The number of unbranched alkanes of at least 4 members (excludes halogenated alkanes) is 2. The van der Waals surface area contributed by atoms with Crippen LogP contribution in [-0.2, 0) is 4.74 Å². The summed E-state index contributed by atoms with van der Waals surface area (Å²) >= 11 is 0. The monoisotopic (exact) mass is 276 g/mol. The van der Waals surface area contributed by atoms with E-state index in [-0.39, 0.29) is 5.78 Å². The molecule has 3 nitrogen and oxygen atoms in total. The highest BCUT2D eigenvalue weighted by Crippen LogP contribution is 2.29. The van der Waals surface area contributed by atoms with Crippen LogP contribution in [0.1, 0.15) is 56.3 Å². The Kier molecular flexibility index (Phi) is 5.60. The van der Waals surface area contributed by atoms with Crippen molar-refractivity contribution in [2.45, 2.75) is 58.2 Å². The van der Waals surface area contributed by atoms with E-state index in [0.717, 1.165) is 30.8 Å². The molecule has 0 N–H and O–H groups in total. The van der Waals surface area contributed by atoms with Crippen molar-refractivity contribution in [2.75, 3.05) is 6.61 Å². The fraction of sp³-hybridized carbons (Fsp3) is 0.588. The average molecular weight is 276 g/mol. The lowest BCUT2D eigenvalue weighted by molar-refractivity contribution is 0.101. The Morgan fingerprint density at radius 2 is 1.90 bits per heavy atom. The molecule has 2 atom stereocenters. The molecule has 1 fully saturated rings. The molecule has 2 unspecified atom stereocenters. The summed E-state index contributed by atoms with van der Waals surface area (Å²) in [6.45, 7) is 4.49. The maximum atomic E-state index is 11.1. The molecular weight excluding hydrogens is 252 g/mol. The number of hydrogen-bond donors (Lipinski definition) is 0. The van der Waals surface area contributed by atoms with E-state index in [4.69, 9.17) is 9.47 Å². The molecule has 0 spiro atoms. The number of ketones is 1. The lowest BCUT2D eigenvalue weighted by Crippen LogP contribution is -1.99. The third-order valence-electron chi connectivity index (χ3n) is 3.75. The Morgan fingerprint density at radius 1 is 1.15 bits per heavy atom. The maximum absolute atomic E-state index is 11.1. The van der Waals surface area contributed by atoms with Crippen molar-refractivity contribution >= 4 is 5.78 Å². The Labute approximate surface area is 121 Å². The van der Waals surface area contributed by atoms with E-state index >= 15 is 0 Å². The van der Waals surface area contributed by atoms with Crippen LogP contribution in [0.25, 0.3) is 0 Å². The Bertz CT molecular complexity index is 424. The van der Waals surface area contributed by atoms with E-state index in [1.807, 2.05) is 24.3 Å². The van der Waals surface area contributed by atoms with Gasteiger partial charge in [-0.2, -0.15) is 0 Å². The van der Waals surface area contributed by atoms with Gasteiger partial charge in [-0.05, 0) is 56.9 Å². The summed E-state index contributed by atoms with van der Waals surface area (Å²) in [5.74, 6) is 0.927. The summed E-state index contributed by atoms with van der Waals surface area (Å²) in [7, 11) is 0. The molecule has 0 aromatic heterocycles. The second-order valence-corrected chi connectivity index (χ2v) is 5.40. The molecule has 1 saturated heterocycles. The van der Waals surface area contributed by atoms with Crippen LogP contribution < -0.4 is 4.74 Å². The van der Waals surface area contributed by atoms with Gasteiger partial charge < -0.3 is 9.47 Å². The van der Waals surface area contributed by atoms with Gasteiger partial charge in [0.1, 0.15) is 5.75 Å². The first-order chi connectivity index (χ1) is 9.70. The highest BCUT2D eigenvalue weighted by atomic mass is 16.6. The van der Waals surface area contributed by atoms with E-state index in [0.29, 0.717) is 12.2 Å². The maximum Gasteiger partial charge on any atom is 0.159 e. The lowest BCUT2D eigenvalue weighted by atomic mass is 10.1. The van der Waals surface area contributed by atoms with Gasteiger partial charge in [-0.15, -0.1) is 0 Å². The lowest BCUT2D eigenvalue weighted by Gasteiger charge is -2.06. The highest BCUT2D eigenvalue weighted by Gasteiger charge is 2.35. The fourth-order valence-electron chi connectivity index (χ4n) is 2.39. The van der Waals surface area contributed by atoms with Crippen molar-refractivity contribution < 1.29 is 14.3 Å². The van der Waals surface area contributed by atoms with Gasteiger partial charge in [-0.3, -0.25) is 4.79 Å². The molecule has 2 rings (SSSR count). The molecule has 1 aromatic carbocycles. The second-order valence-electron chi connectivity index (χ2n) is 5.40. The fourth-order valence-corrected chi connectivity index (χ4v) is 2.39. The zero-order chi connectivity index (χ0) is 14.4. The Hall–Kier alpha value is -1.35. The van der Waals surface area contributed by atoms with Crippen LogP contribution in [0, 0.1) is 0 Å². The van der Waals surface area contributed by atoms with E-state index in [2.05, 4.69) is 6.92 Å². The minimum atomic E-state index is 0.0872. The molecule has 3 heteroatoms. The van der Waals surface area contributed by atoms with E-state index in [1.54, 1.807) is 6.92 Å². The zero-order valence-electron chi connectivity index (χ0n) is 12.4. The summed E-state index contributed by atoms with van der Waals surface area (Å²) in [6, 6.07) is 7.35. The molecule has 0 saturated carbocycles. The molecular formula is C17H24O3. The predicted molar refractivity (Wildman–Crippen MR) is 79.4 cm³/mol. The Balaban J connectivity index is 1.53. The van der Waals surface area contributed by atoms with Crippen LogP contribution in [0.15, 0.2) is 24.3 Å². The number of rotatable bonds is 9. The molecule has 0 amide bonds. The molecule has 0 bridgehead atoms. The highest BCUT2D eigenvalue weighted by molar-refractivity contribution is 5.94. The van der Waals surface area contributed by atoms with Gasteiger partial charge in [0.05, 0.1) is 18.8 Å². The SMILES string of the molecule is CCC1OC1CCCCCOc1ccc(C(C)=O)cc1. The summed E-state index contributed by atoms with van der Waals surface area (Å²) in [4.78, 5) is 11.1. The van der Waals surface area contributed by atoms with E-state index in [1.165, 1.54) is 19.3 Å². The topological polar surface area (TPSA) is 38.8 Å². The van der Waals surface area contributed by atoms with Gasteiger partial charge >= 0.3 is 0 Å². The Morgan fingerprint density at radius 3 is 2.50 bits per heavy atom. The van der Waals surface area contributed by atoms with Gasteiger partial charge in [-0.25, -0.2) is 0 Å². The van der Waals surface area contributed by atoms with Crippen LogP contribution in [0.2, 0.25) is 0 Å². The van der Waals surface area contributed by atoms with Crippen molar-refractivity contribution in [3.8, 4) is 5.75 Å². The zero-order valence-corrected chi connectivity index (χ0v) is 12.4. The molecule has 20 heavy (non-hydrogen) atoms. The van der Waals surface area contributed by atoms with Crippen LogP contribution in [0.4, 0.5) is 0 Å². The van der Waals surface area contributed by atoms with Gasteiger partial charge in [0.2, 0.25) is 0 Å². The van der Waals surface area contributed by atoms with Crippen LogP contribution in [0.3, 0.4) is 0 Å². The normalized spacial score (nSPS) is 20.7. The summed E-state index contributed by atoms with van der Waals surface area (Å²) < 4.78 is 11.2. The molecule has 1 aliphatic heterocycles. The first-order valence-electron chi connectivity index (χ1n) is 7.60. The smallest absolute Gasteiger partial charge is 0.159 e. The van der Waals surface area contributed by atoms with Gasteiger partial charge in [0.25, 0.3) is 0 Å². The van der Waals surface area contributed by atoms with E-state index < -0.39 is 0 Å². The third kappa shape index (κ3) is 4.64. The summed E-state index contributed by atoms with van der Waals surface area (Å²) in [5, 5.41) is 0. The largest absolute Gasteiger partial charge is 0.494 e. The van der Waals surface area contributed by atoms with Crippen molar-refractivity contribution in [1.29, 1.82) is 0 Å². The molecule has 1 heterocycles. The van der Waals surface area contributed by atoms with Crippen LogP contribution in [0.5, 0.6) is 5.75 Å². The summed E-state index contributed by atoms with van der Waals surface area (Å²) in [5.41, 5.74) is 0.729. The van der Waals surface area contributed by atoms with Crippen molar-refractivity contribution in [3.05, 3.63) is 29.8 Å². The van der Waals surface area contributed by atoms with Gasteiger partial charge in [0, 0.05) is 5.56 Å². The quantitative estimate of drug-likeness (QED) is 0.388. The third-order valence-corrected chi connectivity index (χ3v) is 3.75. The average Bonchev–Trinajstić information content (AvgIpc) is 3.22.